The minimum absolute atomic E-state index is 0.0518. The molecule has 5 nitrogen and oxygen atoms in total. The lowest BCUT2D eigenvalue weighted by Crippen LogP contribution is -2.52. The van der Waals surface area contributed by atoms with E-state index in [9.17, 15) is 0 Å². The zero-order valence-electron chi connectivity index (χ0n) is 16.1. The van der Waals surface area contributed by atoms with Gasteiger partial charge in [0, 0.05) is 31.7 Å². The Balaban J connectivity index is 1.78. The van der Waals surface area contributed by atoms with Crippen molar-refractivity contribution >= 4 is 5.96 Å². The minimum atomic E-state index is 0.0518. The van der Waals surface area contributed by atoms with Gasteiger partial charge in [-0.25, -0.2) is 0 Å². The molecular formula is C20H34N4O. The fraction of sp³-hybridized carbons (Fsp3) is 0.650. The molecule has 2 rings (SSSR count). The van der Waals surface area contributed by atoms with E-state index in [1.54, 1.807) is 0 Å². The number of benzene rings is 1. The highest BCUT2D eigenvalue weighted by molar-refractivity contribution is 5.79. The fourth-order valence-electron chi connectivity index (χ4n) is 3.03. The van der Waals surface area contributed by atoms with Crippen LogP contribution in [0, 0.1) is 0 Å². The van der Waals surface area contributed by atoms with Crippen molar-refractivity contribution in [3.63, 3.8) is 0 Å². The Hall–Kier alpha value is -1.59. The number of morpholine rings is 1. The Morgan fingerprint density at radius 2 is 1.88 bits per heavy atom. The van der Waals surface area contributed by atoms with Gasteiger partial charge in [-0.2, -0.15) is 0 Å². The molecule has 0 amide bonds. The van der Waals surface area contributed by atoms with Gasteiger partial charge in [0.15, 0.2) is 5.96 Å². The summed E-state index contributed by atoms with van der Waals surface area (Å²) in [6.07, 6.45) is 2.19. The van der Waals surface area contributed by atoms with Crippen LogP contribution < -0.4 is 10.6 Å². The molecular weight excluding hydrogens is 312 g/mol. The minimum Gasteiger partial charge on any atom is -0.379 e. The molecule has 0 spiro atoms. The predicted molar refractivity (Wildman–Crippen MR) is 105 cm³/mol. The van der Waals surface area contributed by atoms with Crippen LogP contribution in [-0.2, 0) is 11.2 Å². The molecule has 5 heteroatoms. The third-order valence-corrected chi connectivity index (χ3v) is 4.61. The van der Waals surface area contributed by atoms with Crippen molar-refractivity contribution in [2.24, 2.45) is 4.99 Å². The second kappa shape index (κ2) is 10.4. The molecule has 1 aromatic rings. The Labute approximate surface area is 152 Å². The monoisotopic (exact) mass is 346 g/mol. The average molecular weight is 347 g/mol. The van der Waals surface area contributed by atoms with Gasteiger partial charge in [-0.3, -0.25) is 9.89 Å². The van der Waals surface area contributed by atoms with E-state index in [-0.39, 0.29) is 5.54 Å². The summed E-state index contributed by atoms with van der Waals surface area (Å²) in [5, 5.41) is 6.81. The first-order valence-corrected chi connectivity index (χ1v) is 9.51. The highest BCUT2D eigenvalue weighted by Gasteiger charge is 2.27. The van der Waals surface area contributed by atoms with Crippen LogP contribution in [0.4, 0.5) is 0 Å². The summed E-state index contributed by atoms with van der Waals surface area (Å²) in [6.45, 7) is 12.8. The normalized spacial score (nSPS) is 16.7. The van der Waals surface area contributed by atoms with Crippen LogP contribution in [0.2, 0.25) is 0 Å². The molecule has 1 fully saturated rings. The molecule has 0 radical (unpaired) electrons. The number of hydrogen-bond donors (Lipinski definition) is 2. The summed E-state index contributed by atoms with van der Waals surface area (Å²) >= 11 is 0. The molecule has 0 aromatic heterocycles. The molecule has 0 aliphatic carbocycles. The van der Waals surface area contributed by atoms with Gasteiger partial charge >= 0.3 is 0 Å². The summed E-state index contributed by atoms with van der Waals surface area (Å²) in [4.78, 5) is 7.29. The Kier molecular flexibility index (Phi) is 8.22. The molecule has 140 valence electrons. The van der Waals surface area contributed by atoms with E-state index in [0.29, 0.717) is 0 Å². The smallest absolute Gasteiger partial charge is 0.191 e. The Morgan fingerprint density at radius 1 is 1.16 bits per heavy atom. The maximum Gasteiger partial charge on any atom is 0.191 e. The van der Waals surface area contributed by atoms with Crippen molar-refractivity contribution in [2.45, 2.75) is 39.2 Å². The maximum atomic E-state index is 5.46. The summed E-state index contributed by atoms with van der Waals surface area (Å²) < 4.78 is 5.46. The summed E-state index contributed by atoms with van der Waals surface area (Å²) in [5.41, 5.74) is 1.44. The third kappa shape index (κ3) is 7.04. The summed E-state index contributed by atoms with van der Waals surface area (Å²) in [5.74, 6) is 0.914. The largest absolute Gasteiger partial charge is 0.379 e. The first kappa shape index (κ1) is 19.7. The first-order chi connectivity index (χ1) is 12.1. The Bertz CT molecular complexity index is 510. The van der Waals surface area contributed by atoms with E-state index in [1.807, 2.05) is 0 Å². The van der Waals surface area contributed by atoms with Crippen molar-refractivity contribution < 1.29 is 4.74 Å². The second-order valence-corrected chi connectivity index (χ2v) is 7.12. The van der Waals surface area contributed by atoms with Gasteiger partial charge in [0.05, 0.1) is 19.8 Å². The third-order valence-electron chi connectivity index (χ3n) is 4.61. The van der Waals surface area contributed by atoms with Crippen LogP contribution in [0.5, 0.6) is 0 Å². The van der Waals surface area contributed by atoms with Gasteiger partial charge in [0.1, 0.15) is 0 Å². The molecule has 2 N–H and O–H groups in total. The average Bonchev–Trinajstić information content (AvgIpc) is 2.65. The molecule has 1 aliphatic rings. The van der Waals surface area contributed by atoms with Crippen molar-refractivity contribution in [1.29, 1.82) is 0 Å². The van der Waals surface area contributed by atoms with Crippen LogP contribution in [0.1, 0.15) is 32.8 Å². The number of nitrogens with one attached hydrogen (secondary N) is 2. The van der Waals surface area contributed by atoms with Gasteiger partial charge in [-0.15, -0.1) is 0 Å². The van der Waals surface area contributed by atoms with Crippen LogP contribution >= 0.6 is 0 Å². The van der Waals surface area contributed by atoms with Gasteiger partial charge < -0.3 is 15.4 Å². The van der Waals surface area contributed by atoms with Crippen molar-refractivity contribution in [3.8, 4) is 0 Å². The summed E-state index contributed by atoms with van der Waals surface area (Å²) in [6, 6.07) is 10.6. The first-order valence-electron chi connectivity index (χ1n) is 9.51. The van der Waals surface area contributed by atoms with E-state index in [0.717, 1.165) is 64.7 Å². The molecule has 1 heterocycles. The molecule has 25 heavy (non-hydrogen) atoms. The molecule has 1 aliphatic heterocycles. The Morgan fingerprint density at radius 3 is 2.56 bits per heavy atom. The van der Waals surface area contributed by atoms with Gasteiger partial charge in [0.2, 0.25) is 0 Å². The number of rotatable bonds is 8. The van der Waals surface area contributed by atoms with Crippen LogP contribution in [0.25, 0.3) is 0 Å². The van der Waals surface area contributed by atoms with Crippen molar-refractivity contribution in [3.05, 3.63) is 35.9 Å². The van der Waals surface area contributed by atoms with Crippen molar-refractivity contribution in [2.75, 3.05) is 45.9 Å². The molecule has 0 bridgehead atoms. The van der Waals surface area contributed by atoms with Crippen LogP contribution in [0.15, 0.2) is 35.3 Å². The fourth-order valence-corrected chi connectivity index (χ4v) is 3.03. The van der Waals surface area contributed by atoms with E-state index >= 15 is 0 Å². The number of hydrogen-bond acceptors (Lipinski definition) is 3. The lowest BCUT2D eigenvalue weighted by atomic mass is 10.0. The highest BCUT2D eigenvalue weighted by Crippen LogP contribution is 2.16. The standard InChI is InChI=1S/C20H34N4O/c1-4-21-19(22-12-8-11-18-9-6-5-7-10-18)23-17-20(2,3)24-13-15-25-16-14-24/h5-7,9-10H,4,8,11-17H2,1-3H3,(H2,21,22,23). The maximum absolute atomic E-state index is 5.46. The topological polar surface area (TPSA) is 48.9 Å². The number of aryl methyl sites for hydroxylation is 1. The molecule has 0 atom stereocenters. The van der Waals surface area contributed by atoms with Gasteiger partial charge in [-0.05, 0) is 39.2 Å². The van der Waals surface area contributed by atoms with Crippen LogP contribution in [0.3, 0.4) is 0 Å². The molecule has 0 unspecified atom stereocenters. The van der Waals surface area contributed by atoms with E-state index in [2.05, 4.69) is 66.6 Å². The number of aliphatic imine (C=N–C) groups is 1. The molecule has 1 saturated heterocycles. The van der Waals surface area contributed by atoms with Crippen LogP contribution in [-0.4, -0.2) is 62.3 Å². The van der Waals surface area contributed by atoms with Gasteiger partial charge in [-0.1, -0.05) is 30.3 Å². The number of ether oxygens (including phenoxy) is 1. The van der Waals surface area contributed by atoms with Gasteiger partial charge in [0.25, 0.3) is 0 Å². The zero-order chi connectivity index (χ0) is 18.0. The molecule has 1 aromatic carbocycles. The van der Waals surface area contributed by atoms with E-state index < -0.39 is 0 Å². The molecule has 0 saturated carbocycles. The second-order valence-electron chi connectivity index (χ2n) is 7.12. The van der Waals surface area contributed by atoms with Crippen molar-refractivity contribution in [1.82, 2.24) is 15.5 Å². The van der Waals surface area contributed by atoms with E-state index in [1.165, 1.54) is 5.56 Å². The lowest BCUT2D eigenvalue weighted by Gasteiger charge is -2.39. The van der Waals surface area contributed by atoms with E-state index in [4.69, 9.17) is 9.73 Å². The number of guanidine groups is 1. The summed E-state index contributed by atoms with van der Waals surface area (Å²) in [7, 11) is 0. The highest BCUT2D eigenvalue weighted by atomic mass is 16.5. The number of nitrogens with zero attached hydrogens (tertiary/aromatic N) is 2. The zero-order valence-corrected chi connectivity index (χ0v) is 16.1. The quantitative estimate of drug-likeness (QED) is 0.431. The predicted octanol–water partition coefficient (Wildman–Crippen LogP) is 2.29. The lowest BCUT2D eigenvalue weighted by molar-refractivity contribution is -0.00683. The SMILES string of the molecule is CCNC(=NCC(C)(C)N1CCOCC1)NCCCc1ccccc1.